The highest BCUT2D eigenvalue weighted by Gasteiger charge is 2.23. The zero-order chi connectivity index (χ0) is 18.1. The van der Waals surface area contributed by atoms with E-state index in [1.165, 1.54) is 5.56 Å². The smallest absolute Gasteiger partial charge is 0.139 e. The molecule has 4 heterocycles. The summed E-state index contributed by atoms with van der Waals surface area (Å²) in [5, 5.41) is 19.3. The molecule has 0 aromatic carbocycles. The predicted molar refractivity (Wildman–Crippen MR) is 97.2 cm³/mol. The number of hydrogen-bond acceptors (Lipinski definition) is 5. The summed E-state index contributed by atoms with van der Waals surface area (Å²) in [4.78, 5) is 6.93. The van der Waals surface area contributed by atoms with Crippen LogP contribution in [0.2, 0.25) is 0 Å². The van der Waals surface area contributed by atoms with E-state index >= 15 is 0 Å². The largest absolute Gasteiger partial charge is 0.380 e. The van der Waals surface area contributed by atoms with Crippen molar-refractivity contribution in [1.29, 1.82) is 0 Å². The summed E-state index contributed by atoms with van der Waals surface area (Å²) in [5.41, 5.74) is 4.90. The lowest BCUT2D eigenvalue weighted by atomic mass is 10.1. The van der Waals surface area contributed by atoms with Crippen LogP contribution in [0.15, 0.2) is 36.7 Å². The molecule has 1 atom stereocenters. The standard InChI is InChI=1S/C19H24N6O/c1-3-14-4-5-15(20-11-14)12-24-8-9-25-16(13-24)10-17(22-25)19(26)18-6-7-21-23(18)2/h4-7,10-11,19,26H,3,8-9,12-13H2,1-2H3/t19-/m0/s1. The molecule has 3 aromatic rings. The third-order valence-corrected chi connectivity index (χ3v) is 4.99. The maximum Gasteiger partial charge on any atom is 0.139 e. The number of aromatic nitrogens is 5. The van der Waals surface area contributed by atoms with Crippen LogP contribution in [0.25, 0.3) is 0 Å². The van der Waals surface area contributed by atoms with Gasteiger partial charge in [-0.15, -0.1) is 0 Å². The number of aliphatic hydroxyl groups is 1. The molecule has 1 N–H and O–H groups in total. The van der Waals surface area contributed by atoms with Crippen molar-refractivity contribution < 1.29 is 5.11 Å². The third-order valence-electron chi connectivity index (χ3n) is 4.99. The van der Waals surface area contributed by atoms with E-state index in [0.717, 1.165) is 49.7 Å². The topological polar surface area (TPSA) is 72.0 Å². The summed E-state index contributed by atoms with van der Waals surface area (Å²) in [6.07, 6.45) is 3.91. The average Bonchev–Trinajstić information content (AvgIpc) is 3.27. The molecule has 3 aromatic heterocycles. The van der Waals surface area contributed by atoms with Crippen LogP contribution in [0, 0.1) is 0 Å². The van der Waals surface area contributed by atoms with Crippen molar-refractivity contribution in [2.45, 2.75) is 39.1 Å². The number of aliphatic hydroxyl groups excluding tert-OH is 1. The molecule has 1 aliphatic heterocycles. The lowest BCUT2D eigenvalue weighted by Crippen LogP contribution is -2.33. The van der Waals surface area contributed by atoms with Crippen LogP contribution in [-0.4, -0.2) is 41.1 Å². The van der Waals surface area contributed by atoms with Gasteiger partial charge in [-0.1, -0.05) is 13.0 Å². The molecule has 1 aliphatic rings. The number of pyridine rings is 1. The first-order chi connectivity index (χ1) is 12.6. The molecule has 0 amide bonds. The van der Waals surface area contributed by atoms with Gasteiger partial charge in [-0.05, 0) is 30.2 Å². The van der Waals surface area contributed by atoms with E-state index in [4.69, 9.17) is 0 Å². The Balaban J connectivity index is 1.47. The van der Waals surface area contributed by atoms with Crippen LogP contribution in [0.5, 0.6) is 0 Å². The number of rotatable bonds is 5. The van der Waals surface area contributed by atoms with Crippen LogP contribution in [-0.2, 0) is 33.1 Å². The van der Waals surface area contributed by atoms with Gasteiger partial charge in [0.2, 0.25) is 0 Å². The molecule has 0 aliphatic carbocycles. The van der Waals surface area contributed by atoms with Crippen LogP contribution in [0.3, 0.4) is 0 Å². The molecule has 0 fully saturated rings. The van der Waals surface area contributed by atoms with Gasteiger partial charge < -0.3 is 5.11 Å². The quantitative estimate of drug-likeness (QED) is 0.756. The molecule has 0 radical (unpaired) electrons. The molecule has 0 bridgehead atoms. The minimum Gasteiger partial charge on any atom is -0.380 e. The summed E-state index contributed by atoms with van der Waals surface area (Å²) in [6.45, 7) is 5.52. The molecule has 0 saturated carbocycles. The van der Waals surface area contributed by atoms with Gasteiger partial charge in [0.25, 0.3) is 0 Å². The Morgan fingerprint density at radius 1 is 1.23 bits per heavy atom. The highest BCUT2D eigenvalue weighted by molar-refractivity contribution is 5.22. The molecule has 4 rings (SSSR count). The van der Waals surface area contributed by atoms with E-state index in [1.807, 2.05) is 30.1 Å². The van der Waals surface area contributed by atoms with Gasteiger partial charge in [-0.3, -0.25) is 19.2 Å². The monoisotopic (exact) mass is 352 g/mol. The number of hydrogen-bond donors (Lipinski definition) is 1. The number of aryl methyl sites for hydroxylation is 2. The Hall–Kier alpha value is -2.51. The first kappa shape index (κ1) is 16.9. The molecule has 26 heavy (non-hydrogen) atoms. The third kappa shape index (κ3) is 3.27. The Morgan fingerprint density at radius 2 is 2.12 bits per heavy atom. The summed E-state index contributed by atoms with van der Waals surface area (Å²) in [5.74, 6) is 0. The van der Waals surface area contributed by atoms with E-state index in [2.05, 4.69) is 39.1 Å². The van der Waals surface area contributed by atoms with Gasteiger partial charge in [0.1, 0.15) is 6.10 Å². The Morgan fingerprint density at radius 3 is 2.81 bits per heavy atom. The lowest BCUT2D eigenvalue weighted by Gasteiger charge is -2.27. The van der Waals surface area contributed by atoms with Crippen molar-refractivity contribution in [3.8, 4) is 0 Å². The second kappa shape index (κ2) is 7.01. The predicted octanol–water partition coefficient (Wildman–Crippen LogP) is 1.67. The molecule has 136 valence electrons. The fraction of sp³-hybridized carbons (Fsp3) is 0.421. The van der Waals surface area contributed by atoms with Gasteiger partial charge in [-0.25, -0.2) is 0 Å². The second-order valence-electron chi connectivity index (χ2n) is 6.79. The van der Waals surface area contributed by atoms with Crippen molar-refractivity contribution >= 4 is 0 Å². The van der Waals surface area contributed by atoms with E-state index < -0.39 is 6.10 Å². The van der Waals surface area contributed by atoms with Crippen molar-refractivity contribution in [2.75, 3.05) is 6.54 Å². The maximum atomic E-state index is 10.6. The highest BCUT2D eigenvalue weighted by atomic mass is 16.3. The Labute approximate surface area is 152 Å². The van der Waals surface area contributed by atoms with Crippen LogP contribution < -0.4 is 0 Å². The fourth-order valence-corrected chi connectivity index (χ4v) is 3.40. The summed E-state index contributed by atoms with van der Waals surface area (Å²) in [6, 6.07) is 8.08. The molecule has 7 heteroatoms. The fourth-order valence-electron chi connectivity index (χ4n) is 3.40. The van der Waals surface area contributed by atoms with Gasteiger partial charge in [0.05, 0.1) is 29.3 Å². The van der Waals surface area contributed by atoms with E-state index in [-0.39, 0.29) is 0 Å². The van der Waals surface area contributed by atoms with Crippen LogP contribution >= 0.6 is 0 Å². The molecule has 0 saturated heterocycles. The summed E-state index contributed by atoms with van der Waals surface area (Å²) >= 11 is 0. The minimum atomic E-state index is -0.752. The SMILES string of the molecule is CCc1ccc(CN2CCn3nc([C@H](O)c4ccnn4C)cc3C2)nc1. The van der Waals surface area contributed by atoms with Gasteiger partial charge in [-0.2, -0.15) is 10.2 Å². The van der Waals surface area contributed by atoms with Gasteiger partial charge >= 0.3 is 0 Å². The van der Waals surface area contributed by atoms with E-state index in [0.29, 0.717) is 5.69 Å². The molecule has 7 nitrogen and oxygen atoms in total. The van der Waals surface area contributed by atoms with Crippen molar-refractivity contribution in [2.24, 2.45) is 7.05 Å². The second-order valence-corrected chi connectivity index (χ2v) is 6.79. The van der Waals surface area contributed by atoms with Gasteiger partial charge in [0.15, 0.2) is 0 Å². The molecule has 0 spiro atoms. The molecule has 0 unspecified atom stereocenters. The number of fused-ring (bicyclic) bond motifs is 1. The van der Waals surface area contributed by atoms with E-state index in [1.54, 1.807) is 10.9 Å². The van der Waals surface area contributed by atoms with Crippen molar-refractivity contribution in [3.63, 3.8) is 0 Å². The van der Waals surface area contributed by atoms with Crippen molar-refractivity contribution in [3.05, 3.63) is 65.0 Å². The Bertz CT molecular complexity index is 882. The first-order valence-electron chi connectivity index (χ1n) is 9.02. The van der Waals surface area contributed by atoms with Gasteiger partial charge in [0, 0.05) is 39.1 Å². The van der Waals surface area contributed by atoms with Crippen molar-refractivity contribution in [1.82, 2.24) is 29.4 Å². The lowest BCUT2D eigenvalue weighted by molar-refractivity contribution is 0.195. The first-order valence-corrected chi connectivity index (χ1v) is 9.02. The average molecular weight is 352 g/mol. The van der Waals surface area contributed by atoms with E-state index in [9.17, 15) is 5.11 Å². The number of nitrogens with zero attached hydrogens (tertiary/aromatic N) is 6. The van der Waals surface area contributed by atoms with Crippen LogP contribution in [0.1, 0.15) is 41.4 Å². The minimum absolute atomic E-state index is 0.677. The zero-order valence-electron chi connectivity index (χ0n) is 15.2. The highest BCUT2D eigenvalue weighted by Crippen LogP contribution is 2.23. The molecular formula is C19H24N6O. The summed E-state index contributed by atoms with van der Waals surface area (Å²) in [7, 11) is 1.83. The van der Waals surface area contributed by atoms with Crippen LogP contribution in [0.4, 0.5) is 0 Å². The maximum absolute atomic E-state index is 10.6. The zero-order valence-corrected chi connectivity index (χ0v) is 15.2. The Kier molecular flexibility index (Phi) is 4.57. The molecular weight excluding hydrogens is 328 g/mol. The normalized spacial score (nSPS) is 15.8. The summed E-state index contributed by atoms with van der Waals surface area (Å²) < 4.78 is 3.68.